The van der Waals surface area contributed by atoms with Crippen LogP contribution in [0.5, 0.6) is 0 Å². The summed E-state index contributed by atoms with van der Waals surface area (Å²) in [6, 6.07) is 23.1. The summed E-state index contributed by atoms with van der Waals surface area (Å²) in [5, 5.41) is 51.5. The number of carboxylic acids is 2. The van der Waals surface area contributed by atoms with Gasteiger partial charge in [-0.15, -0.1) is 22.7 Å². The van der Waals surface area contributed by atoms with E-state index >= 15 is 0 Å². The number of aromatic nitrogens is 2. The number of aliphatic hydroxyl groups excluding tert-OH is 2. The second kappa shape index (κ2) is 28.9. The summed E-state index contributed by atoms with van der Waals surface area (Å²) in [5.74, 6) is -2.34. The van der Waals surface area contributed by atoms with E-state index in [9.17, 15) is 43.4 Å². The molecule has 2 aromatic heterocycles. The molecule has 4 fully saturated rings. The number of carbonyl (C=O) groups is 6. The second-order valence-electron chi connectivity index (χ2n) is 22.8. The number of hydrogen-bond donors (Lipinski definition) is 6. The van der Waals surface area contributed by atoms with Gasteiger partial charge in [-0.2, -0.15) is 0 Å². The van der Waals surface area contributed by atoms with Gasteiger partial charge in [-0.25, -0.2) is 33.5 Å². The first-order valence-electron chi connectivity index (χ1n) is 30.1. The molecular weight excluding hydrogens is 1260 g/mol. The van der Waals surface area contributed by atoms with Crippen LogP contribution in [-0.2, 0) is 41.5 Å². The number of hydrogen-bond acceptors (Lipinski definition) is 20. The molecule has 4 amide bonds. The van der Waals surface area contributed by atoms with Crippen LogP contribution >= 0.6 is 34.3 Å². The van der Waals surface area contributed by atoms with E-state index in [1.54, 1.807) is 63.2 Å². The van der Waals surface area contributed by atoms with Crippen molar-refractivity contribution in [3.05, 3.63) is 185 Å². The summed E-state index contributed by atoms with van der Waals surface area (Å²) in [7, 11) is 2.62. The minimum atomic E-state index is -0.871. The Balaban J connectivity index is 0.000000190. The number of aliphatic carboxylic acids is 2. The lowest BCUT2D eigenvalue weighted by molar-refractivity contribution is -0.138. The quantitative estimate of drug-likeness (QED) is 0.0449. The molecule has 0 unspecified atom stereocenters. The van der Waals surface area contributed by atoms with Gasteiger partial charge in [0.25, 0.3) is 0 Å². The highest BCUT2D eigenvalue weighted by Gasteiger charge is 2.49. The molecule has 0 radical (unpaired) electrons. The van der Waals surface area contributed by atoms with Crippen LogP contribution in [0.2, 0.25) is 5.02 Å². The molecule has 4 saturated heterocycles. The maximum Gasteiger partial charge on any atom is 0.338 e. The molecule has 28 heteroatoms. The molecule has 93 heavy (non-hydrogen) atoms. The lowest BCUT2D eigenvalue weighted by Gasteiger charge is -2.43. The molecule has 486 valence electrons. The minimum absolute atomic E-state index is 0.0224. The van der Waals surface area contributed by atoms with Crippen LogP contribution in [0.3, 0.4) is 0 Å². The van der Waals surface area contributed by atoms with Gasteiger partial charge in [-0.3, -0.25) is 39.2 Å². The number of carbonyl (C=O) groups excluding carboxylic acids is 4. The Labute approximate surface area is 547 Å². The highest BCUT2D eigenvalue weighted by molar-refractivity contribution is 7.12. The normalized spacial score (nSPS) is 21.5. The van der Waals surface area contributed by atoms with Gasteiger partial charge in [0.15, 0.2) is 21.7 Å². The zero-order chi connectivity index (χ0) is 65.6. The predicted octanol–water partition coefficient (Wildman–Crippen LogP) is 6.43. The number of aryl methyl sites for hydroxylation is 2. The number of amidine groups is 2. The standard InChI is InChI=1S/C33H35FN6O6S.C32H33ClN6O6S/c1-19-22(4-3-5-23(19)34)29-28(32(44)46-2)24(36-30(37-29)31-35-12-15-47-31)16-38-13-14-39-25(26(38)18-41)17-40(33(39)45)21-9-6-20(7-10-21)8-11-27(42)43;1-45-31(43)27-23(35-29(30-34-12-15-46-30)36-28(27)20-5-7-21(33)8-6-20)16-37-13-14-38-24(25(37)18-40)17-39(32(38)44)22-9-2-19(3-10-22)4-11-26(41)42/h3-7,9-10,12,15,25-26,29,41H,8,11,13-14,16-18H2,1-2H3,(H,36,37)(H,42,43);2-3,5-10,12,15,24-25,28,40H,4,11,13-14,16-18H2,1H3,(H,35,36)(H,41,42)/t25-,26-,29+;24-,25-,28+/m11/s1. The highest BCUT2D eigenvalue weighted by Crippen LogP contribution is 2.39. The van der Waals surface area contributed by atoms with E-state index in [1.165, 1.54) is 43.0 Å². The zero-order valence-electron chi connectivity index (χ0n) is 50.9. The molecule has 6 atom stereocenters. The number of halogens is 2. The molecule has 8 heterocycles. The van der Waals surface area contributed by atoms with Crippen molar-refractivity contribution in [2.24, 2.45) is 9.98 Å². The monoisotopic (exact) mass is 1330 g/mol. The summed E-state index contributed by atoms with van der Waals surface area (Å²) < 4.78 is 25.2. The van der Waals surface area contributed by atoms with Crippen LogP contribution in [-0.4, -0.2) is 202 Å². The third-order valence-electron chi connectivity index (χ3n) is 17.5. The molecule has 6 aliphatic heterocycles. The van der Waals surface area contributed by atoms with Gasteiger partial charge in [0.1, 0.15) is 17.9 Å². The largest absolute Gasteiger partial charge is 0.481 e. The minimum Gasteiger partial charge on any atom is -0.481 e. The first kappa shape index (κ1) is 65.5. The molecular formula is C65H68ClFN12O12S2. The van der Waals surface area contributed by atoms with Gasteiger partial charge in [-0.1, -0.05) is 60.1 Å². The average Bonchev–Trinajstić information content (AvgIpc) is 1.75. The van der Waals surface area contributed by atoms with Gasteiger partial charge in [0.05, 0.1) is 62.7 Å². The number of esters is 2. The second-order valence-corrected chi connectivity index (χ2v) is 25.1. The number of nitrogens with one attached hydrogen (secondary N) is 2. The van der Waals surface area contributed by atoms with Crippen LogP contribution in [0, 0.1) is 12.7 Å². The number of carboxylic acid groups (broad SMARTS) is 2. The number of aliphatic imine (C=N–C) groups is 2. The lowest BCUT2D eigenvalue weighted by atomic mass is 9.91. The molecule has 6 N–H and O–H groups in total. The van der Waals surface area contributed by atoms with Gasteiger partial charge in [-0.05, 0) is 90.0 Å². The predicted molar refractivity (Wildman–Crippen MR) is 346 cm³/mol. The van der Waals surface area contributed by atoms with E-state index in [-0.39, 0.29) is 68.9 Å². The Bertz CT molecular complexity index is 3890. The number of aliphatic hydroxyl groups is 2. The third-order valence-corrected chi connectivity index (χ3v) is 19.4. The van der Waals surface area contributed by atoms with Gasteiger partial charge >= 0.3 is 35.9 Å². The number of nitrogens with zero attached hydrogens (tertiary/aromatic N) is 10. The van der Waals surface area contributed by atoms with Crippen LogP contribution < -0.4 is 20.4 Å². The number of rotatable bonds is 20. The fourth-order valence-corrected chi connectivity index (χ4v) is 14.1. The van der Waals surface area contributed by atoms with E-state index in [0.717, 1.165) is 16.7 Å². The smallest absolute Gasteiger partial charge is 0.338 e. The Morgan fingerprint density at radius 2 is 1.09 bits per heavy atom. The number of benzene rings is 4. The van der Waals surface area contributed by atoms with Crippen molar-refractivity contribution in [2.45, 2.75) is 68.9 Å². The Kier molecular flexibility index (Phi) is 20.4. The first-order valence-corrected chi connectivity index (χ1v) is 32.2. The summed E-state index contributed by atoms with van der Waals surface area (Å²) in [6.07, 6.45) is 4.20. The maximum absolute atomic E-state index is 14.8. The first-order chi connectivity index (χ1) is 45.0. The van der Waals surface area contributed by atoms with Crippen molar-refractivity contribution in [1.29, 1.82) is 0 Å². The highest BCUT2D eigenvalue weighted by atomic mass is 35.5. The van der Waals surface area contributed by atoms with Gasteiger partial charge < -0.3 is 50.3 Å². The van der Waals surface area contributed by atoms with Crippen LogP contribution in [0.25, 0.3) is 0 Å². The summed E-state index contributed by atoms with van der Waals surface area (Å²) in [6.45, 7) is 4.08. The molecule has 0 saturated carbocycles. The zero-order valence-corrected chi connectivity index (χ0v) is 53.3. The molecule has 12 rings (SSSR count). The van der Waals surface area contributed by atoms with E-state index in [1.807, 2.05) is 76.3 Å². The molecule has 4 aromatic carbocycles. The van der Waals surface area contributed by atoms with Crippen molar-refractivity contribution < 1.29 is 63.1 Å². The van der Waals surface area contributed by atoms with Crippen molar-refractivity contribution in [2.75, 3.05) is 89.6 Å². The number of urea groups is 2. The van der Waals surface area contributed by atoms with Crippen LogP contribution in [0.4, 0.5) is 25.4 Å². The van der Waals surface area contributed by atoms with E-state index in [2.05, 4.69) is 25.5 Å². The number of anilines is 2. The molecule has 0 aliphatic carbocycles. The number of amides is 4. The number of fused-ring (bicyclic) bond motifs is 2. The topological polar surface area (TPSA) is 296 Å². The SMILES string of the molecule is COC(=O)C1=C(CN2CCN3C(=O)N(c4ccc(CCC(=O)O)cc4)C[C@@H]3[C@H]2CO)NC(c2nccs2)=N[C@H]1c1ccc(Cl)cc1.COC(=O)C1=C(CN2CCN3C(=O)N(c4ccc(CCC(=O)O)cc4)C[C@@H]3[C@H]2CO)NC(c2nccs2)=N[C@H]1c1cccc(F)c1C. The molecule has 6 aromatic rings. The van der Waals surface area contributed by atoms with Crippen LogP contribution in [0.1, 0.15) is 62.8 Å². The summed E-state index contributed by atoms with van der Waals surface area (Å²) in [5.41, 5.74) is 6.43. The van der Waals surface area contributed by atoms with E-state index in [4.69, 9.17) is 41.3 Å². The number of ether oxygens (including phenoxy) is 2. The van der Waals surface area contributed by atoms with Gasteiger partial charge in [0, 0.05) is 116 Å². The van der Waals surface area contributed by atoms with Crippen molar-refractivity contribution in [1.82, 2.24) is 40.2 Å². The van der Waals surface area contributed by atoms with Crippen molar-refractivity contribution >= 4 is 93.3 Å². The number of thiazole rings is 2. The van der Waals surface area contributed by atoms with Crippen molar-refractivity contribution in [3.63, 3.8) is 0 Å². The van der Waals surface area contributed by atoms with E-state index < -0.39 is 53.9 Å². The average molecular weight is 1330 g/mol. The van der Waals surface area contributed by atoms with Crippen molar-refractivity contribution in [3.8, 4) is 0 Å². The Hall–Kier alpha value is -8.96. The molecule has 0 bridgehead atoms. The number of piperazine rings is 2. The van der Waals surface area contributed by atoms with Gasteiger partial charge in [0.2, 0.25) is 0 Å². The Morgan fingerprint density at radius 3 is 1.51 bits per heavy atom. The fraction of sp³-hybridized carbons (Fsp3) is 0.354. The Morgan fingerprint density at radius 1 is 0.634 bits per heavy atom. The van der Waals surface area contributed by atoms with Crippen LogP contribution in [0.15, 0.2) is 147 Å². The maximum atomic E-state index is 14.8. The summed E-state index contributed by atoms with van der Waals surface area (Å²) in [4.78, 5) is 105. The number of methoxy groups -OCH3 is 2. The third kappa shape index (κ3) is 14.0. The molecule has 24 nitrogen and oxygen atoms in total. The molecule has 0 spiro atoms. The summed E-state index contributed by atoms with van der Waals surface area (Å²) >= 11 is 8.96. The van der Waals surface area contributed by atoms with E-state index in [0.29, 0.717) is 118 Å². The lowest BCUT2D eigenvalue weighted by Crippen LogP contribution is -2.61. The fourth-order valence-electron chi connectivity index (χ4n) is 12.8. The molecule has 6 aliphatic rings.